The van der Waals surface area contributed by atoms with Crippen molar-refractivity contribution >= 4 is 5.91 Å². The first-order chi connectivity index (χ1) is 9.28. The van der Waals surface area contributed by atoms with Crippen molar-refractivity contribution in [2.45, 2.75) is 43.9 Å². The summed E-state index contributed by atoms with van der Waals surface area (Å²) in [6.07, 6.45) is 4.71. The number of likely N-dealkylation sites (tertiary alicyclic amines) is 1. The number of nitrogens with zero attached hydrogens (tertiary/aromatic N) is 1. The van der Waals surface area contributed by atoms with Gasteiger partial charge in [-0.2, -0.15) is 0 Å². The minimum Gasteiger partial charge on any atom is -0.380 e. The maximum Gasteiger partial charge on any atom is 0.239 e. The molecule has 2 unspecified atom stereocenters. The van der Waals surface area contributed by atoms with Crippen molar-refractivity contribution in [3.8, 4) is 0 Å². The fraction of sp³-hybridized carbons (Fsp3) is 0.929. The van der Waals surface area contributed by atoms with Gasteiger partial charge in [0.15, 0.2) is 0 Å². The summed E-state index contributed by atoms with van der Waals surface area (Å²) in [5.74, 6) is 0.801. The fourth-order valence-electron chi connectivity index (χ4n) is 3.58. The molecule has 0 bridgehead atoms. The van der Waals surface area contributed by atoms with Gasteiger partial charge in [0.05, 0.1) is 18.2 Å². The number of piperidine rings is 1. The summed E-state index contributed by atoms with van der Waals surface area (Å²) in [4.78, 5) is 14.5. The Morgan fingerprint density at radius 2 is 2.32 bits per heavy atom. The van der Waals surface area contributed by atoms with Crippen LogP contribution in [0.2, 0.25) is 0 Å². The third kappa shape index (κ3) is 2.78. The van der Waals surface area contributed by atoms with Crippen LogP contribution in [0.5, 0.6) is 0 Å². The Balaban J connectivity index is 1.56. The Morgan fingerprint density at radius 1 is 1.42 bits per heavy atom. The van der Waals surface area contributed by atoms with Gasteiger partial charge in [-0.1, -0.05) is 0 Å². The molecule has 1 amide bonds. The molecule has 108 valence electrons. The van der Waals surface area contributed by atoms with Crippen molar-refractivity contribution in [1.29, 1.82) is 0 Å². The molecule has 5 heteroatoms. The minimum atomic E-state index is -0.0500. The summed E-state index contributed by atoms with van der Waals surface area (Å²) in [6.45, 7) is 3.40. The van der Waals surface area contributed by atoms with Crippen LogP contribution in [0, 0.1) is 5.92 Å². The molecule has 3 fully saturated rings. The molecule has 3 heterocycles. The van der Waals surface area contributed by atoms with E-state index in [2.05, 4.69) is 5.32 Å². The highest BCUT2D eigenvalue weighted by molar-refractivity contribution is 5.82. The zero-order valence-electron chi connectivity index (χ0n) is 11.6. The number of hydrogen-bond acceptors (Lipinski definition) is 4. The standard InChI is InChI=1S/C14H24N2O3/c1-18-11-7-12(15-8-11)14(17)16-5-4-13-10(9-16)3-2-6-19-13/h10-13,15H,2-9H2,1H3/t10?,11-,12+,13?/m0/s1. The Hall–Kier alpha value is -0.650. The Labute approximate surface area is 114 Å². The summed E-state index contributed by atoms with van der Waals surface area (Å²) >= 11 is 0. The highest BCUT2D eigenvalue weighted by atomic mass is 16.5. The average Bonchev–Trinajstić information content (AvgIpc) is 2.95. The Bertz CT molecular complexity index is 337. The van der Waals surface area contributed by atoms with Gasteiger partial charge in [-0.05, 0) is 25.7 Å². The summed E-state index contributed by atoms with van der Waals surface area (Å²) in [5.41, 5.74) is 0. The number of rotatable bonds is 2. The van der Waals surface area contributed by atoms with Gasteiger partial charge in [-0.3, -0.25) is 4.79 Å². The third-order valence-corrected chi connectivity index (χ3v) is 4.75. The van der Waals surface area contributed by atoms with E-state index in [1.54, 1.807) is 7.11 Å². The first-order valence-electron chi connectivity index (χ1n) is 7.44. The predicted molar refractivity (Wildman–Crippen MR) is 70.9 cm³/mol. The van der Waals surface area contributed by atoms with Crippen molar-refractivity contribution < 1.29 is 14.3 Å². The molecule has 4 atom stereocenters. The van der Waals surface area contributed by atoms with E-state index in [1.165, 1.54) is 6.42 Å². The third-order valence-electron chi connectivity index (χ3n) is 4.75. The molecule has 0 aromatic carbocycles. The molecule has 0 aromatic heterocycles. The topological polar surface area (TPSA) is 50.8 Å². The normalized spacial score (nSPS) is 39.1. The minimum absolute atomic E-state index is 0.0500. The molecule has 19 heavy (non-hydrogen) atoms. The lowest BCUT2D eigenvalue weighted by Gasteiger charge is -2.41. The van der Waals surface area contributed by atoms with E-state index in [0.717, 1.165) is 45.5 Å². The van der Waals surface area contributed by atoms with E-state index >= 15 is 0 Å². The Morgan fingerprint density at radius 3 is 3.11 bits per heavy atom. The van der Waals surface area contributed by atoms with Gasteiger partial charge in [-0.15, -0.1) is 0 Å². The van der Waals surface area contributed by atoms with E-state index in [-0.39, 0.29) is 18.1 Å². The second kappa shape index (κ2) is 5.77. The summed E-state index contributed by atoms with van der Waals surface area (Å²) in [6, 6.07) is -0.0500. The maximum atomic E-state index is 12.5. The number of ether oxygens (including phenoxy) is 2. The molecule has 3 aliphatic heterocycles. The number of nitrogens with one attached hydrogen (secondary N) is 1. The maximum absolute atomic E-state index is 12.5. The van der Waals surface area contributed by atoms with Crippen LogP contribution in [0.3, 0.4) is 0 Å². The average molecular weight is 268 g/mol. The monoisotopic (exact) mass is 268 g/mol. The number of fused-ring (bicyclic) bond motifs is 1. The van der Waals surface area contributed by atoms with Crippen molar-refractivity contribution in [3.05, 3.63) is 0 Å². The number of amides is 1. The SMILES string of the molecule is CO[C@@H]1CN[C@@H](C(=O)N2CCC3OCCCC3C2)C1. The fourth-order valence-corrected chi connectivity index (χ4v) is 3.58. The summed E-state index contributed by atoms with van der Waals surface area (Å²) in [7, 11) is 1.71. The van der Waals surface area contributed by atoms with Gasteiger partial charge in [0, 0.05) is 39.3 Å². The smallest absolute Gasteiger partial charge is 0.239 e. The van der Waals surface area contributed by atoms with E-state index in [0.29, 0.717) is 12.0 Å². The van der Waals surface area contributed by atoms with E-state index in [4.69, 9.17) is 9.47 Å². The zero-order valence-corrected chi connectivity index (χ0v) is 11.6. The van der Waals surface area contributed by atoms with Crippen LogP contribution in [-0.4, -0.2) is 62.4 Å². The first-order valence-corrected chi connectivity index (χ1v) is 7.44. The van der Waals surface area contributed by atoms with Crippen LogP contribution >= 0.6 is 0 Å². The van der Waals surface area contributed by atoms with Gasteiger partial charge >= 0.3 is 0 Å². The van der Waals surface area contributed by atoms with Crippen LogP contribution in [0.15, 0.2) is 0 Å². The first kappa shape index (κ1) is 13.3. The van der Waals surface area contributed by atoms with Crippen LogP contribution in [0.4, 0.5) is 0 Å². The number of methoxy groups -OCH3 is 1. The van der Waals surface area contributed by atoms with E-state index in [1.807, 2.05) is 4.90 Å². The van der Waals surface area contributed by atoms with Crippen LogP contribution < -0.4 is 5.32 Å². The highest BCUT2D eigenvalue weighted by Gasteiger charge is 2.38. The second-order valence-corrected chi connectivity index (χ2v) is 5.94. The summed E-state index contributed by atoms with van der Waals surface area (Å²) < 4.78 is 11.1. The molecule has 3 saturated heterocycles. The van der Waals surface area contributed by atoms with Gasteiger partial charge in [0.2, 0.25) is 5.91 Å². The Kier molecular flexibility index (Phi) is 4.05. The van der Waals surface area contributed by atoms with Gasteiger partial charge in [0.25, 0.3) is 0 Å². The van der Waals surface area contributed by atoms with Gasteiger partial charge < -0.3 is 19.7 Å². The second-order valence-electron chi connectivity index (χ2n) is 5.94. The summed E-state index contributed by atoms with van der Waals surface area (Å²) in [5, 5.41) is 3.28. The lowest BCUT2D eigenvalue weighted by molar-refractivity contribution is -0.140. The molecule has 3 rings (SSSR count). The van der Waals surface area contributed by atoms with Crippen LogP contribution in [0.1, 0.15) is 25.7 Å². The lowest BCUT2D eigenvalue weighted by atomic mass is 9.88. The van der Waals surface area contributed by atoms with Crippen LogP contribution in [-0.2, 0) is 14.3 Å². The number of carbonyl (C=O) groups excluding carboxylic acids is 1. The lowest BCUT2D eigenvalue weighted by Crippen LogP contribution is -2.52. The molecule has 1 N–H and O–H groups in total. The molecule has 5 nitrogen and oxygen atoms in total. The highest BCUT2D eigenvalue weighted by Crippen LogP contribution is 2.29. The molecule has 3 aliphatic rings. The molecular formula is C14H24N2O3. The molecule has 0 radical (unpaired) electrons. The van der Waals surface area contributed by atoms with E-state index < -0.39 is 0 Å². The van der Waals surface area contributed by atoms with Crippen molar-refractivity contribution in [2.75, 3.05) is 33.4 Å². The van der Waals surface area contributed by atoms with Crippen molar-refractivity contribution in [2.24, 2.45) is 5.92 Å². The van der Waals surface area contributed by atoms with Crippen LogP contribution in [0.25, 0.3) is 0 Å². The quantitative estimate of drug-likeness (QED) is 0.787. The number of carbonyl (C=O) groups is 1. The molecular weight excluding hydrogens is 244 g/mol. The number of hydrogen-bond donors (Lipinski definition) is 1. The van der Waals surface area contributed by atoms with Gasteiger partial charge in [0.1, 0.15) is 0 Å². The molecule has 0 aliphatic carbocycles. The van der Waals surface area contributed by atoms with Gasteiger partial charge in [-0.25, -0.2) is 0 Å². The molecule has 0 spiro atoms. The van der Waals surface area contributed by atoms with Crippen molar-refractivity contribution in [1.82, 2.24) is 10.2 Å². The molecule has 0 saturated carbocycles. The molecule has 0 aromatic rings. The van der Waals surface area contributed by atoms with Crippen molar-refractivity contribution in [3.63, 3.8) is 0 Å². The predicted octanol–water partition coefficient (Wildman–Crippen LogP) is 0.391. The largest absolute Gasteiger partial charge is 0.380 e. The zero-order chi connectivity index (χ0) is 13.2. The van der Waals surface area contributed by atoms with E-state index in [9.17, 15) is 4.79 Å².